The maximum atomic E-state index is 5.08. The highest BCUT2D eigenvalue weighted by Gasteiger charge is 1.99. The van der Waals surface area contributed by atoms with Crippen molar-refractivity contribution < 1.29 is 0 Å². The van der Waals surface area contributed by atoms with E-state index in [0.29, 0.717) is 11.2 Å². The van der Waals surface area contributed by atoms with Crippen LogP contribution in [0.2, 0.25) is 0 Å². The Balaban J connectivity index is 2.60. The summed E-state index contributed by atoms with van der Waals surface area (Å²) in [4.78, 5) is 0. The molecule has 92 valence electrons. The minimum absolute atomic E-state index is 0.304. The zero-order valence-electron chi connectivity index (χ0n) is 10.1. The molecule has 0 amide bonds. The number of hydrogen-bond donors (Lipinski definition) is 2. The largest absolute Gasteiger partial charge is 0.359 e. The van der Waals surface area contributed by atoms with Gasteiger partial charge in [-0.15, -0.1) is 0 Å². The molecular formula is C12H16BrN3S. The van der Waals surface area contributed by atoms with Crippen LogP contribution in [0.25, 0.3) is 0 Å². The molecule has 0 aliphatic carbocycles. The minimum atomic E-state index is 0.304. The van der Waals surface area contributed by atoms with Gasteiger partial charge in [0.2, 0.25) is 0 Å². The van der Waals surface area contributed by atoms with E-state index in [9.17, 15) is 0 Å². The molecule has 0 fully saturated rings. The molecule has 0 aliphatic rings. The molecule has 1 aromatic carbocycles. The number of nitrogens with one attached hydrogen (secondary N) is 2. The molecule has 0 radical (unpaired) electrons. The van der Waals surface area contributed by atoms with Gasteiger partial charge in [-0.05, 0) is 50.7 Å². The quantitative estimate of drug-likeness (QED) is 0.511. The van der Waals surface area contributed by atoms with E-state index in [1.807, 2.05) is 45.0 Å². The van der Waals surface area contributed by atoms with Gasteiger partial charge in [0.05, 0.1) is 5.71 Å². The van der Waals surface area contributed by atoms with Crippen LogP contribution >= 0.6 is 28.1 Å². The smallest absolute Gasteiger partial charge is 0.187 e. The number of hydrazone groups is 1. The van der Waals surface area contributed by atoms with Crippen molar-refractivity contribution in [3.63, 3.8) is 0 Å². The van der Waals surface area contributed by atoms with E-state index in [4.69, 9.17) is 12.2 Å². The lowest BCUT2D eigenvalue weighted by atomic mass is 10.1. The molecule has 0 spiro atoms. The van der Waals surface area contributed by atoms with E-state index in [1.165, 1.54) is 0 Å². The molecule has 3 nitrogen and oxygen atoms in total. The van der Waals surface area contributed by atoms with Crippen LogP contribution < -0.4 is 10.7 Å². The normalized spacial score (nSPS) is 11.5. The molecule has 0 aliphatic heterocycles. The Bertz CT molecular complexity index is 412. The van der Waals surface area contributed by atoms with Gasteiger partial charge >= 0.3 is 0 Å². The molecule has 1 aromatic rings. The zero-order chi connectivity index (χ0) is 12.8. The van der Waals surface area contributed by atoms with Crippen molar-refractivity contribution in [2.45, 2.75) is 26.8 Å². The van der Waals surface area contributed by atoms with Gasteiger partial charge in [-0.1, -0.05) is 28.1 Å². The monoisotopic (exact) mass is 313 g/mol. The SMILES string of the molecule is CC(=NNC(=S)NC(C)C)c1ccc(Br)cc1. The van der Waals surface area contributed by atoms with Crippen molar-refractivity contribution in [3.05, 3.63) is 34.3 Å². The van der Waals surface area contributed by atoms with Crippen LogP contribution in [0.1, 0.15) is 26.3 Å². The maximum absolute atomic E-state index is 5.08. The first kappa shape index (κ1) is 14.1. The van der Waals surface area contributed by atoms with Crippen LogP contribution in [-0.2, 0) is 0 Å². The molecule has 0 saturated heterocycles. The Labute approximate surface area is 116 Å². The van der Waals surface area contributed by atoms with E-state index in [0.717, 1.165) is 15.7 Å². The van der Waals surface area contributed by atoms with E-state index in [-0.39, 0.29) is 0 Å². The Morgan fingerprint density at radius 1 is 1.29 bits per heavy atom. The molecule has 2 N–H and O–H groups in total. The number of halogens is 1. The van der Waals surface area contributed by atoms with Gasteiger partial charge in [0.1, 0.15) is 0 Å². The van der Waals surface area contributed by atoms with Crippen LogP contribution in [0.15, 0.2) is 33.8 Å². The lowest BCUT2D eigenvalue weighted by molar-refractivity contribution is 0.719. The Hall–Kier alpha value is -0.940. The fourth-order valence-corrected chi connectivity index (χ4v) is 1.73. The second kappa shape index (κ2) is 6.71. The highest BCUT2D eigenvalue weighted by atomic mass is 79.9. The molecule has 5 heteroatoms. The Kier molecular flexibility index (Phi) is 5.58. The van der Waals surface area contributed by atoms with Gasteiger partial charge in [0.25, 0.3) is 0 Å². The Morgan fingerprint density at radius 2 is 1.88 bits per heavy atom. The average Bonchev–Trinajstić information content (AvgIpc) is 2.26. The highest BCUT2D eigenvalue weighted by Crippen LogP contribution is 2.10. The topological polar surface area (TPSA) is 36.4 Å². The highest BCUT2D eigenvalue weighted by molar-refractivity contribution is 9.10. The van der Waals surface area contributed by atoms with Crippen molar-refractivity contribution in [2.75, 3.05) is 0 Å². The summed E-state index contributed by atoms with van der Waals surface area (Å²) in [5.74, 6) is 0. The van der Waals surface area contributed by atoms with Crippen molar-refractivity contribution in [2.24, 2.45) is 5.10 Å². The predicted molar refractivity (Wildman–Crippen MR) is 80.4 cm³/mol. The predicted octanol–water partition coefficient (Wildman–Crippen LogP) is 3.05. The van der Waals surface area contributed by atoms with Crippen LogP contribution in [0.5, 0.6) is 0 Å². The molecule has 0 aromatic heterocycles. The van der Waals surface area contributed by atoms with E-state index in [1.54, 1.807) is 0 Å². The Morgan fingerprint density at radius 3 is 2.41 bits per heavy atom. The van der Waals surface area contributed by atoms with E-state index < -0.39 is 0 Å². The number of hydrogen-bond acceptors (Lipinski definition) is 2. The molecule has 0 bridgehead atoms. The van der Waals surface area contributed by atoms with Crippen molar-refractivity contribution >= 4 is 39.0 Å². The summed E-state index contributed by atoms with van der Waals surface area (Å²) in [6, 6.07) is 8.28. The molecule has 1 rings (SSSR count). The lowest BCUT2D eigenvalue weighted by Crippen LogP contribution is -2.37. The third-order valence-corrected chi connectivity index (χ3v) is 2.74. The standard InChI is InChI=1S/C12H16BrN3S/c1-8(2)14-12(17)16-15-9(3)10-4-6-11(13)7-5-10/h4-8H,1-3H3,(H2,14,16,17). The first-order valence-electron chi connectivity index (χ1n) is 5.36. The summed E-state index contributed by atoms with van der Waals surface area (Å²) < 4.78 is 1.05. The summed E-state index contributed by atoms with van der Waals surface area (Å²) in [6.07, 6.45) is 0. The number of benzene rings is 1. The summed E-state index contributed by atoms with van der Waals surface area (Å²) in [5.41, 5.74) is 4.78. The number of nitrogens with zero attached hydrogens (tertiary/aromatic N) is 1. The van der Waals surface area contributed by atoms with Gasteiger partial charge in [-0.3, -0.25) is 5.43 Å². The number of thiocarbonyl (C=S) groups is 1. The fourth-order valence-electron chi connectivity index (χ4n) is 1.18. The third-order valence-electron chi connectivity index (χ3n) is 2.01. The first-order chi connectivity index (χ1) is 7.99. The van der Waals surface area contributed by atoms with Crippen molar-refractivity contribution in [1.29, 1.82) is 0 Å². The second-order valence-electron chi connectivity index (χ2n) is 3.94. The molecule has 0 atom stereocenters. The molecule has 0 unspecified atom stereocenters. The summed E-state index contributed by atoms with van der Waals surface area (Å²) in [7, 11) is 0. The summed E-state index contributed by atoms with van der Waals surface area (Å²) in [6.45, 7) is 5.99. The van der Waals surface area contributed by atoms with Gasteiger partial charge in [0, 0.05) is 10.5 Å². The van der Waals surface area contributed by atoms with Gasteiger partial charge in [-0.2, -0.15) is 5.10 Å². The molecular weight excluding hydrogens is 298 g/mol. The molecule has 0 heterocycles. The second-order valence-corrected chi connectivity index (χ2v) is 5.27. The fraction of sp³-hybridized carbons (Fsp3) is 0.333. The van der Waals surface area contributed by atoms with Crippen molar-refractivity contribution in [3.8, 4) is 0 Å². The summed E-state index contributed by atoms with van der Waals surface area (Å²) >= 11 is 8.48. The van der Waals surface area contributed by atoms with Crippen LogP contribution in [-0.4, -0.2) is 16.9 Å². The van der Waals surface area contributed by atoms with E-state index in [2.05, 4.69) is 31.8 Å². The first-order valence-corrected chi connectivity index (χ1v) is 6.56. The average molecular weight is 314 g/mol. The molecule has 0 saturated carbocycles. The maximum Gasteiger partial charge on any atom is 0.187 e. The number of rotatable bonds is 3. The summed E-state index contributed by atoms with van der Waals surface area (Å²) in [5, 5.41) is 7.83. The van der Waals surface area contributed by atoms with Gasteiger partial charge < -0.3 is 5.32 Å². The third kappa shape index (κ3) is 5.28. The minimum Gasteiger partial charge on any atom is -0.359 e. The zero-order valence-corrected chi connectivity index (χ0v) is 12.5. The van der Waals surface area contributed by atoms with Crippen LogP contribution in [0.3, 0.4) is 0 Å². The molecule has 17 heavy (non-hydrogen) atoms. The van der Waals surface area contributed by atoms with Gasteiger partial charge in [0.15, 0.2) is 5.11 Å². The lowest BCUT2D eigenvalue weighted by Gasteiger charge is -2.10. The van der Waals surface area contributed by atoms with Crippen LogP contribution in [0.4, 0.5) is 0 Å². The van der Waals surface area contributed by atoms with E-state index >= 15 is 0 Å². The van der Waals surface area contributed by atoms with Gasteiger partial charge in [-0.25, -0.2) is 0 Å². The van der Waals surface area contributed by atoms with Crippen LogP contribution in [0, 0.1) is 0 Å². The van der Waals surface area contributed by atoms with Crippen molar-refractivity contribution in [1.82, 2.24) is 10.7 Å².